The molecule has 0 amide bonds. The van der Waals surface area contributed by atoms with E-state index < -0.39 is 0 Å². The molecule has 0 saturated carbocycles. The van der Waals surface area contributed by atoms with Crippen molar-refractivity contribution in [1.82, 2.24) is 5.32 Å². The van der Waals surface area contributed by atoms with Crippen LogP contribution in [0.1, 0.15) is 44.7 Å². The standard InChI is InChI=1S/C14H23NOS2/c1-4-5-11(9-16-3)15-13-8-10(2)18-14-12(13)6-7-17-14/h6-7,10-11,13,15H,4-5,8-9H2,1-3H3/t10-,11?,13?/m0/s1. The number of ether oxygens (including phenoxy) is 1. The summed E-state index contributed by atoms with van der Waals surface area (Å²) in [6.07, 6.45) is 3.61. The minimum atomic E-state index is 0.480. The third-order valence-corrected chi connectivity index (χ3v) is 5.70. The van der Waals surface area contributed by atoms with Gasteiger partial charge in [0, 0.05) is 24.4 Å². The van der Waals surface area contributed by atoms with Gasteiger partial charge in [-0.2, -0.15) is 0 Å². The largest absolute Gasteiger partial charge is 0.383 e. The molecule has 2 unspecified atom stereocenters. The molecule has 0 spiro atoms. The first-order valence-electron chi connectivity index (χ1n) is 6.73. The Morgan fingerprint density at radius 2 is 2.39 bits per heavy atom. The van der Waals surface area contributed by atoms with Gasteiger partial charge in [0.05, 0.1) is 10.8 Å². The average Bonchev–Trinajstić information content (AvgIpc) is 2.77. The van der Waals surface area contributed by atoms with Gasteiger partial charge in [-0.3, -0.25) is 0 Å². The molecule has 1 aromatic rings. The maximum atomic E-state index is 5.33. The molecule has 0 fully saturated rings. The highest BCUT2D eigenvalue weighted by Crippen LogP contribution is 2.43. The van der Waals surface area contributed by atoms with Crippen molar-refractivity contribution in [2.75, 3.05) is 13.7 Å². The van der Waals surface area contributed by atoms with Crippen LogP contribution in [0.3, 0.4) is 0 Å². The fraction of sp³-hybridized carbons (Fsp3) is 0.714. The van der Waals surface area contributed by atoms with Gasteiger partial charge in [-0.15, -0.1) is 23.1 Å². The molecule has 2 nitrogen and oxygen atoms in total. The fourth-order valence-electron chi connectivity index (χ4n) is 2.56. The summed E-state index contributed by atoms with van der Waals surface area (Å²) in [6.45, 7) is 5.37. The molecule has 0 bridgehead atoms. The van der Waals surface area contributed by atoms with E-state index in [1.807, 2.05) is 23.1 Å². The Balaban J connectivity index is 2.04. The number of thiophene rings is 1. The Hall–Kier alpha value is -0.0300. The van der Waals surface area contributed by atoms with Crippen molar-refractivity contribution in [3.63, 3.8) is 0 Å². The van der Waals surface area contributed by atoms with Crippen molar-refractivity contribution < 1.29 is 4.74 Å². The second kappa shape index (κ2) is 6.94. The molecule has 0 radical (unpaired) electrons. The van der Waals surface area contributed by atoms with Crippen LogP contribution in [0.5, 0.6) is 0 Å². The zero-order valence-corrected chi connectivity index (χ0v) is 13.1. The molecule has 18 heavy (non-hydrogen) atoms. The third kappa shape index (κ3) is 3.50. The smallest absolute Gasteiger partial charge is 0.0649 e. The van der Waals surface area contributed by atoms with Gasteiger partial charge >= 0.3 is 0 Å². The molecular weight excluding hydrogens is 262 g/mol. The number of hydrogen-bond donors (Lipinski definition) is 1. The highest BCUT2D eigenvalue weighted by Gasteiger charge is 2.27. The quantitative estimate of drug-likeness (QED) is 0.851. The number of nitrogens with one attached hydrogen (secondary N) is 1. The normalized spacial score (nSPS) is 24.8. The lowest BCUT2D eigenvalue weighted by molar-refractivity contribution is 0.154. The number of rotatable bonds is 6. The Labute approximate surface area is 119 Å². The van der Waals surface area contributed by atoms with E-state index in [9.17, 15) is 0 Å². The summed E-state index contributed by atoms with van der Waals surface area (Å²) < 4.78 is 6.83. The van der Waals surface area contributed by atoms with Gasteiger partial charge in [-0.25, -0.2) is 0 Å². The molecule has 0 aliphatic carbocycles. The van der Waals surface area contributed by atoms with Crippen molar-refractivity contribution in [1.29, 1.82) is 0 Å². The molecule has 1 aliphatic heterocycles. The molecule has 3 atom stereocenters. The molecule has 2 heterocycles. The zero-order chi connectivity index (χ0) is 13.0. The first kappa shape index (κ1) is 14.4. The number of fused-ring (bicyclic) bond motifs is 1. The van der Waals surface area contributed by atoms with Gasteiger partial charge in [-0.05, 0) is 29.9 Å². The molecular formula is C14H23NOS2. The Morgan fingerprint density at radius 1 is 1.56 bits per heavy atom. The van der Waals surface area contributed by atoms with Gasteiger partial charge in [0.2, 0.25) is 0 Å². The summed E-state index contributed by atoms with van der Waals surface area (Å²) >= 11 is 3.90. The van der Waals surface area contributed by atoms with Gasteiger partial charge in [0.25, 0.3) is 0 Å². The van der Waals surface area contributed by atoms with Crippen LogP contribution >= 0.6 is 23.1 Å². The molecule has 0 aromatic carbocycles. The predicted octanol–water partition coefficient (Wildman–Crippen LogP) is 4.08. The van der Waals surface area contributed by atoms with Gasteiger partial charge in [-0.1, -0.05) is 20.3 Å². The second-order valence-corrected chi connectivity index (χ2v) is 7.61. The molecule has 1 N–H and O–H groups in total. The van der Waals surface area contributed by atoms with E-state index >= 15 is 0 Å². The van der Waals surface area contributed by atoms with E-state index in [2.05, 4.69) is 30.6 Å². The number of hydrogen-bond acceptors (Lipinski definition) is 4. The van der Waals surface area contributed by atoms with E-state index in [-0.39, 0.29) is 0 Å². The first-order valence-corrected chi connectivity index (χ1v) is 8.49. The van der Waals surface area contributed by atoms with Crippen LogP contribution in [-0.4, -0.2) is 25.0 Å². The van der Waals surface area contributed by atoms with Crippen LogP contribution in [0.15, 0.2) is 15.7 Å². The summed E-state index contributed by atoms with van der Waals surface area (Å²) in [4.78, 5) is 0. The predicted molar refractivity (Wildman–Crippen MR) is 80.7 cm³/mol. The molecule has 0 saturated heterocycles. The van der Waals surface area contributed by atoms with Crippen molar-refractivity contribution in [3.05, 3.63) is 17.0 Å². The summed E-state index contributed by atoms with van der Waals surface area (Å²) in [5.74, 6) is 0. The highest BCUT2D eigenvalue weighted by atomic mass is 32.2. The molecule has 2 rings (SSSR count). The summed E-state index contributed by atoms with van der Waals surface area (Å²) in [5, 5.41) is 6.72. The fourth-order valence-corrected chi connectivity index (χ4v) is 5.12. The lowest BCUT2D eigenvalue weighted by Crippen LogP contribution is -2.38. The maximum absolute atomic E-state index is 5.33. The zero-order valence-electron chi connectivity index (χ0n) is 11.4. The van der Waals surface area contributed by atoms with Crippen molar-refractivity contribution in [2.45, 2.75) is 54.7 Å². The number of thioether (sulfide) groups is 1. The number of methoxy groups -OCH3 is 1. The van der Waals surface area contributed by atoms with E-state index in [4.69, 9.17) is 4.74 Å². The van der Waals surface area contributed by atoms with Crippen LogP contribution in [0.2, 0.25) is 0 Å². The summed E-state index contributed by atoms with van der Waals surface area (Å²) in [5.41, 5.74) is 1.50. The van der Waals surface area contributed by atoms with Crippen LogP contribution in [0.4, 0.5) is 0 Å². The molecule has 1 aliphatic rings. The SMILES string of the molecule is CCCC(COC)NC1C[C@H](C)Sc2sccc21. The molecule has 4 heteroatoms. The van der Waals surface area contributed by atoms with Gasteiger partial charge in [0.15, 0.2) is 0 Å². The molecule has 102 valence electrons. The Bertz CT molecular complexity index is 360. The minimum Gasteiger partial charge on any atom is -0.383 e. The van der Waals surface area contributed by atoms with Crippen molar-refractivity contribution in [2.24, 2.45) is 0 Å². The Morgan fingerprint density at radius 3 is 3.11 bits per heavy atom. The average molecular weight is 285 g/mol. The third-order valence-electron chi connectivity index (χ3n) is 3.35. The minimum absolute atomic E-state index is 0.480. The highest BCUT2D eigenvalue weighted by molar-refractivity contribution is 8.01. The Kier molecular flexibility index (Phi) is 5.55. The van der Waals surface area contributed by atoms with Crippen molar-refractivity contribution >= 4 is 23.1 Å². The van der Waals surface area contributed by atoms with Gasteiger partial charge in [0.1, 0.15) is 0 Å². The van der Waals surface area contributed by atoms with Gasteiger partial charge < -0.3 is 10.1 Å². The molecule has 1 aromatic heterocycles. The topological polar surface area (TPSA) is 21.3 Å². The monoisotopic (exact) mass is 285 g/mol. The van der Waals surface area contributed by atoms with Crippen LogP contribution in [-0.2, 0) is 4.74 Å². The van der Waals surface area contributed by atoms with Crippen molar-refractivity contribution in [3.8, 4) is 0 Å². The lowest BCUT2D eigenvalue weighted by atomic mass is 10.0. The second-order valence-electron chi connectivity index (χ2n) is 4.99. The lowest BCUT2D eigenvalue weighted by Gasteiger charge is -2.31. The summed E-state index contributed by atoms with van der Waals surface area (Å²) in [7, 11) is 1.79. The van der Waals surface area contributed by atoms with E-state index in [0.29, 0.717) is 17.3 Å². The summed E-state index contributed by atoms with van der Waals surface area (Å²) in [6, 6.07) is 3.27. The van der Waals surface area contributed by atoms with Crippen LogP contribution in [0.25, 0.3) is 0 Å². The van der Waals surface area contributed by atoms with Crippen LogP contribution in [0, 0.1) is 0 Å². The van der Waals surface area contributed by atoms with E-state index in [1.165, 1.54) is 29.0 Å². The first-order chi connectivity index (χ1) is 8.74. The van der Waals surface area contributed by atoms with Crippen LogP contribution < -0.4 is 5.32 Å². The van der Waals surface area contributed by atoms with E-state index in [0.717, 1.165) is 6.61 Å². The maximum Gasteiger partial charge on any atom is 0.0649 e. The van der Waals surface area contributed by atoms with E-state index in [1.54, 1.807) is 7.11 Å².